The van der Waals surface area contributed by atoms with E-state index >= 15 is 0 Å². The lowest BCUT2D eigenvalue weighted by atomic mass is 10.1. The Morgan fingerprint density at radius 2 is 1.90 bits per heavy atom. The molecule has 0 saturated carbocycles. The minimum absolute atomic E-state index is 0.0174. The van der Waals surface area contributed by atoms with Gasteiger partial charge in [-0.15, -0.1) is 0 Å². The summed E-state index contributed by atoms with van der Waals surface area (Å²) in [4.78, 5) is 41.8. The average Bonchev–Trinajstić information content (AvgIpc) is 3.22. The molecule has 0 radical (unpaired) electrons. The second-order valence-corrected chi connectivity index (χ2v) is 7.58. The fourth-order valence-electron chi connectivity index (χ4n) is 3.63. The molecule has 156 valence electrons. The zero-order valence-electron chi connectivity index (χ0n) is 17.1. The van der Waals surface area contributed by atoms with Gasteiger partial charge in [0.2, 0.25) is 0 Å². The van der Waals surface area contributed by atoms with E-state index in [-0.39, 0.29) is 11.6 Å². The van der Waals surface area contributed by atoms with E-state index in [2.05, 4.69) is 17.3 Å². The Morgan fingerprint density at radius 3 is 2.67 bits per heavy atom. The molecule has 2 aliphatic heterocycles. The van der Waals surface area contributed by atoms with Gasteiger partial charge in [-0.25, -0.2) is 4.79 Å². The van der Waals surface area contributed by atoms with Gasteiger partial charge in [-0.05, 0) is 44.3 Å². The molecule has 4 amide bonds. The Hall–Kier alpha value is -3.39. The van der Waals surface area contributed by atoms with Gasteiger partial charge in [-0.2, -0.15) is 0 Å². The van der Waals surface area contributed by atoms with Gasteiger partial charge < -0.3 is 14.2 Å². The van der Waals surface area contributed by atoms with Crippen LogP contribution in [0.1, 0.15) is 22.5 Å². The molecule has 0 unspecified atom stereocenters. The Balaban J connectivity index is 1.54. The number of benzene rings is 1. The minimum Gasteiger partial charge on any atom is -0.457 e. The van der Waals surface area contributed by atoms with E-state index in [0.29, 0.717) is 23.6 Å². The lowest BCUT2D eigenvalue weighted by Gasteiger charge is -2.20. The number of rotatable bonds is 3. The van der Waals surface area contributed by atoms with Crippen molar-refractivity contribution in [3.8, 4) is 11.3 Å². The zero-order valence-corrected chi connectivity index (χ0v) is 17.1. The highest BCUT2D eigenvalue weighted by atomic mass is 16.3. The van der Waals surface area contributed by atoms with Crippen molar-refractivity contribution in [2.45, 2.75) is 6.42 Å². The monoisotopic (exact) mass is 408 g/mol. The summed E-state index contributed by atoms with van der Waals surface area (Å²) in [6.07, 6.45) is 2.48. The lowest BCUT2D eigenvalue weighted by molar-refractivity contribution is -0.115. The molecule has 0 bridgehead atoms. The molecular formula is C22H24N4O4. The number of likely N-dealkylation sites (N-methyl/N-ethyl adjacent to an activating group) is 2. The third kappa shape index (κ3) is 3.99. The van der Waals surface area contributed by atoms with Gasteiger partial charge >= 0.3 is 6.03 Å². The zero-order chi connectivity index (χ0) is 21.3. The highest BCUT2D eigenvalue weighted by Crippen LogP contribution is 2.26. The van der Waals surface area contributed by atoms with Crippen molar-refractivity contribution in [3.05, 3.63) is 53.4 Å². The van der Waals surface area contributed by atoms with E-state index in [9.17, 15) is 14.4 Å². The van der Waals surface area contributed by atoms with Gasteiger partial charge in [-0.1, -0.05) is 12.1 Å². The Kier molecular flexibility index (Phi) is 5.41. The highest BCUT2D eigenvalue weighted by Gasteiger charge is 2.30. The summed E-state index contributed by atoms with van der Waals surface area (Å²) in [6, 6.07) is 10.4. The fourth-order valence-corrected chi connectivity index (χ4v) is 3.63. The quantitative estimate of drug-likeness (QED) is 0.622. The first-order valence-corrected chi connectivity index (χ1v) is 9.91. The minimum atomic E-state index is -0.469. The molecule has 3 heterocycles. The summed E-state index contributed by atoms with van der Waals surface area (Å²) in [5.74, 6) is 0.586. The highest BCUT2D eigenvalue weighted by molar-refractivity contribution is 6.13. The smallest absolute Gasteiger partial charge is 0.328 e. The van der Waals surface area contributed by atoms with E-state index in [1.165, 1.54) is 18.0 Å². The first kappa shape index (κ1) is 19.9. The molecule has 0 atom stereocenters. The van der Waals surface area contributed by atoms with Crippen LogP contribution in [-0.4, -0.2) is 72.8 Å². The van der Waals surface area contributed by atoms with Crippen LogP contribution < -0.4 is 5.32 Å². The van der Waals surface area contributed by atoms with Gasteiger partial charge in [0.25, 0.3) is 11.8 Å². The molecule has 0 aliphatic carbocycles. The van der Waals surface area contributed by atoms with Crippen molar-refractivity contribution < 1.29 is 18.8 Å². The van der Waals surface area contributed by atoms with E-state index in [1.54, 1.807) is 12.1 Å². The van der Waals surface area contributed by atoms with Crippen molar-refractivity contribution in [3.63, 3.8) is 0 Å². The number of hydrogen-bond acceptors (Lipinski definition) is 5. The molecule has 4 rings (SSSR count). The van der Waals surface area contributed by atoms with Crippen LogP contribution in [0.3, 0.4) is 0 Å². The molecule has 1 N–H and O–H groups in total. The van der Waals surface area contributed by atoms with Crippen LogP contribution in [0.5, 0.6) is 0 Å². The largest absolute Gasteiger partial charge is 0.457 e. The Morgan fingerprint density at radius 1 is 1.07 bits per heavy atom. The van der Waals surface area contributed by atoms with Crippen LogP contribution in [0.2, 0.25) is 0 Å². The number of urea groups is 1. The van der Waals surface area contributed by atoms with E-state index in [1.807, 2.05) is 29.2 Å². The maximum Gasteiger partial charge on any atom is 0.328 e. The average molecular weight is 408 g/mol. The second kappa shape index (κ2) is 8.16. The molecule has 30 heavy (non-hydrogen) atoms. The number of hydrogen-bond donors (Lipinski definition) is 1. The van der Waals surface area contributed by atoms with Gasteiger partial charge in [-0.3, -0.25) is 19.8 Å². The molecule has 2 aliphatic rings. The number of carbonyl (C=O) groups excluding carboxylic acids is 3. The van der Waals surface area contributed by atoms with Crippen LogP contribution in [0.25, 0.3) is 17.4 Å². The summed E-state index contributed by atoms with van der Waals surface area (Å²) in [7, 11) is 3.59. The number of nitrogens with one attached hydrogen (secondary N) is 1. The summed E-state index contributed by atoms with van der Waals surface area (Å²) < 4.78 is 5.85. The van der Waals surface area contributed by atoms with E-state index in [0.717, 1.165) is 31.6 Å². The molecule has 2 saturated heterocycles. The Bertz CT molecular complexity index is 1030. The van der Waals surface area contributed by atoms with Crippen molar-refractivity contribution in [2.75, 3.05) is 40.3 Å². The number of carbonyl (C=O) groups is 3. The molecule has 1 aromatic heterocycles. The van der Waals surface area contributed by atoms with Crippen LogP contribution in [0.4, 0.5) is 4.79 Å². The van der Waals surface area contributed by atoms with Crippen molar-refractivity contribution >= 4 is 23.9 Å². The topological polar surface area (TPSA) is 86.1 Å². The number of imide groups is 1. The summed E-state index contributed by atoms with van der Waals surface area (Å²) in [5, 5.41) is 2.23. The number of nitrogens with zero attached hydrogens (tertiary/aromatic N) is 3. The summed E-state index contributed by atoms with van der Waals surface area (Å²) in [6.45, 7) is 3.33. The lowest BCUT2D eigenvalue weighted by Crippen LogP contribution is -2.34. The maximum atomic E-state index is 13.0. The van der Waals surface area contributed by atoms with Crippen LogP contribution in [-0.2, 0) is 4.79 Å². The standard InChI is InChI=1S/C22H24N4O4/c1-24-9-4-10-26(12-11-24)21(28)16-6-3-5-15(13-16)19-8-7-17(30-19)14-18-20(27)23-22(29)25(18)2/h3,5-8,13-14H,4,9-12H2,1-2H3,(H,23,27,29). The van der Waals surface area contributed by atoms with Gasteiger partial charge in [0.15, 0.2) is 0 Å². The van der Waals surface area contributed by atoms with Gasteiger partial charge in [0.05, 0.1) is 0 Å². The second-order valence-electron chi connectivity index (χ2n) is 7.58. The number of amides is 4. The predicted molar refractivity (Wildman–Crippen MR) is 111 cm³/mol. The third-order valence-electron chi connectivity index (χ3n) is 5.43. The molecule has 8 nitrogen and oxygen atoms in total. The predicted octanol–water partition coefficient (Wildman–Crippen LogP) is 2.25. The van der Waals surface area contributed by atoms with Gasteiger partial charge in [0, 0.05) is 43.9 Å². The molecular weight excluding hydrogens is 384 g/mol. The summed E-state index contributed by atoms with van der Waals surface area (Å²) >= 11 is 0. The maximum absolute atomic E-state index is 13.0. The molecule has 2 fully saturated rings. The normalized spacial score (nSPS) is 19.3. The molecule has 2 aromatic rings. The number of furan rings is 1. The SMILES string of the molecule is CN1CCCN(C(=O)c2cccc(-c3ccc(C=C4C(=O)NC(=O)N4C)o3)c2)CC1. The third-order valence-corrected chi connectivity index (χ3v) is 5.43. The molecule has 8 heteroatoms. The van der Waals surface area contributed by atoms with Gasteiger partial charge in [0.1, 0.15) is 17.2 Å². The molecule has 0 spiro atoms. The van der Waals surface area contributed by atoms with Crippen LogP contribution in [0.15, 0.2) is 46.5 Å². The van der Waals surface area contributed by atoms with Crippen LogP contribution in [0, 0.1) is 0 Å². The van der Waals surface area contributed by atoms with Crippen molar-refractivity contribution in [1.82, 2.24) is 20.0 Å². The van der Waals surface area contributed by atoms with E-state index < -0.39 is 11.9 Å². The van der Waals surface area contributed by atoms with Crippen LogP contribution >= 0.6 is 0 Å². The molecule has 1 aromatic carbocycles. The Labute approximate surface area is 174 Å². The first-order valence-electron chi connectivity index (χ1n) is 9.91. The van der Waals surface area contributed by atoms with Crippen molar-refractivity contribution in [2.24, 2.45) is 0 Å². The fraction of sp³-hybridized carbons (Fsp3) is 0.318. The van der Waals surface area contributed by atoms with Crippen molar-refractivity contribution in [1.29, 1.82) is 0 Å². The van der Waals surface area contributed by atoms with E-state index in [4.69, 9.17) is 4.42 Å². The first-order chi connectivity index (χ1) is 14.4. The summed E-state index contributed by atoms with van der Waals surface area (Å²) in [5.41, 5.74) is 1.61.